The van der Waals surface area contributed by atoms with Gasteiger partial charge in [0.25, 0.3) is 0 Å². The minimum absolute atomic E-state index is 0.0652. The first kappa shape index (κ1) is 11.0. The Morgan fingerprint density at radius 3 is 3.00 bits per heavy atom. The number of amides is 1. The first-order valence-electron chi connectivity index (χ1n) is 4.44. The van der Waals surface area contributed by atoms with Gasteiger partial charge in [-0.2, -0.15) is 5.26 Å². The summed E-state index contributed by atoms with van der Waals surface area (Å²) in [6.45, 7) is 0.138. The summed E-state index contributed by atoms with van der Waals surface area (Å²) in [7, 11) is 3.35. The van der Waals surface area contributed by atoms with Crippen LogP contribution in [0.25, 0.3) is 0 Å². The Balaban J connectivity index is 2.66. The average Bonchev–Trinajstić information content (AvgIpc) is 2.26. The number of aromatic nitrogens is 1. The first-order chi connectivity index (χ1) is 7.15. The number of anilines is 1. The second-order valence-electron chi connectivity index (χ2n) is 3.15. The van der Waals surface area contributed by atoms with Gasteiger partial charge in [-0.1, -0.05) is 0 Å². The fourth-order valence-corrected chi connectivity index (χ4v) is 0.954. The van der Waals surface area contributed by atoms with Gasteiger partial charge in [-0.25, -0.2) is 4.98 Å². The van der Waals surface area contributed by atoms with Gasteiger partial charge in [0.1, 0.15) is 11.9 Å². The highest BCUT2D eigenvalue weighted by Gasteiger charge is 2.06. The Labute approximate surface area is 88.3 Å². The summed E-state index contributed by atoms with van der Waals surface area (Å²) in [4.78, 5) is 16.7. The van der Waals surface area contributed by atoms with Gasteiger partial charge in [-0.15, -0.1) is 0 Å². The molecule has 0 fully saturated rings. The monoisotopic (exact) mass is 204 g/mol. The van der Waals surface area contributed by atoms with Crippen molar-refractivity contribution in [2.45, 2.75) is 0 Å². The SMILES string of the molecule is CN(C)C(=O)CNc1ncccc1C#N. The van der Waals surface area contributed by atoms with Crippen LogP contribution in [0.1, 0.15) is 5.56 Å². The van der Waals surface area contributed by atoms with Crippen LogP contribution < -0.4 is 5.32 Å². The lowest BCUT2D eigenvalue weighted by atomic mass is 10.3. The Kier molecular flexibility index (Phi) is 3.63. The van der Waals surface area contributed by atoms with E-state index in [1.165, 1.54) is 4.90 Å². The minimum Gasteiger partial charge on any atom is -0.360 e. The number of hydrogen-bond acceptors (Lipinski definition) is 4. The van der Waals surface area contributed by atoms with E-state index < -0.39 is 0 Å². The zero-order valence-electron chi connectivity index (χ0n) is 8.69. The molecule has 0 aliphatic carbocycles. The van der Waals surface area contributed by atoms with Crippen molar-refractivity contribution >= 4 is 11.7 Å². The van der Waals surface area contributed by atoms with E-state index in [0.29, 0.717) is 11.4 Å². The van der Waals surface area contributed by atoms with Crippen LogP contribution in [0.3, 0.4) is 0 Å². The average molecular weight is 204 g/mol. The first-order valence-corrected chi connectivity index (χ1v) is 4.44. The Morgan fingerprint density at radius 2 is 2.40 bits per heavy atom. The molecule has 0 unspecified atom stereocenters. The molecule has 1 heterocycles. The molecule has 0 aromatic carbocycles. The quantitative estimate of drug-likeness (QED) is 0.776. The standard InChI is InChI=1S/C10H12N4O/c1-14(2)9(15)7-13-10-8(6-11)4-3-5-12-10/h3-5H,7H2,1-2H3,(H,12,13). The van der Waals surface area contributed by atoms with Gasteiger partial charge in [0.2, 0.25) is 5.91 Å². The lowest BCUT2D eigenvalue weighted by Crippen LogP contribution is -2.29. The molecule has 0 atom stereocenters. The Hall–Kier alpha value is -2.09. The third-order valence-corrected chi connectivity index (χ3v) is 1.83. The fourth-order valence-electron chi connectivity index (χ4n) is 0.954. The Bertz CT molecular complexity index is 395. The molecule has 5 nitrogen and oxygen atoms in total. The van der Waals surface area contributed by atoms with Crippen molar-refractivity contribution in [1.82, 2.24) is 9.88 Å². The highest BCUT2D eigenvalue weighted by molar-refractivity contribution is 5.80. The molecule has 0 saturated heterocycles. The van der Waals surface area contributed by atoms with Gasteiger partial charge in [0, 0.05) is 20.3 Å². The normalized spacial score (nSPS) is 9.13. The molecular formula is C10H12N4O. The maximum absolute atomic E-state index is 11.3. The van der Waals surface area contributed by atoms with Crippen LogP contribution in [0.4, 0.5) is 5.82 Å². The zero-order chi connectivity index (χ0) is 11.3. The van der Waals surface area contributed by atoms with E-state index in [1.807, 2.05) is 6.07 Å². The number of likely N-dealkylation sites (N-methyl/N-ethyl adjacent to an activating group) is 1. The fraction of sp³-hybridized carbons (Fsp3) is 0.300. The van der Waals surface area contributed by atoms with Crippen molar-refractivity contribution in [1.29, 1.82) is 5.26 Å². The predicted molar refractivity (Wildman–Crippen MR) is 56.1 cm³/mol. The van der Waals surface area contributed by atoms with Crippen LogP contribution in [0.5, 0.6) is 0 Å². The summed E-state index contributed by atoms with van der Waals surface area (Å²) in [5.74, 6) is 0.375. The van der Waals surface area contributed by atoms with Crippen molar-refractivity contribution in [2.75, 3.05) is 26.0 Å². The summed E-state index contributed by atoms with van der Waals surface area (Å²) in [5, 5.41) is 11.6. The largest absolute Gasteiger partial charge is 0.360 e. The van der Waals surface area contributed by atoms with E-state index in [0.717, 1.165) is 0 Å². The summed E-state index contributed by atoms with van der Waals surface area (Å²) >= 11 is 0. The molecule has 0 saturated carbocycles. The summed E-state index contributed by atoms with van der Waals surface area (Å²) in [5.41, 5.74) is 0.434. The number of pyridine rings is 1. The molecule has 1 amide bonds. The second-order valence-corrected chi connectivity index (χ2v) is 3.15. The van der Waals surface area contributed by atoms with Gasteiger partial charge in [-0.3, -0.25) is 4.79 Å². The minimum atomic E-state index is -0.0652. The second kappa shape index (κ2) is 4.96. The maximum Gasteiger partial charge on any atom is 0.241 e. The lowest BCUT2D eigenvalue weighted by Gasteiger charge is -2.11. The van der Waals surface area contributed by atoms with Crippen molar-refractivity contribution < 1.29 is 4.79 Å². The smallest absolute Gasteiger partial charge is 0.241 e. The molecule has 0 aliphatic heterocycles. The van der Waals surface area contributed by atoms with Gasteiger partial charge >= 0.3 is 0 Å². The van der Waals surface area contributed by atoms with Crippen molar-refractivity contribution in [3.8, 4) is 6.07 Å². The van der Waals surface area contributed by atoms with Crippen molar-refractivity contribution in [2.24, 2.45) is 0 Å². The molecule has 1 aromatic rings. The molecule has 0 bridgehead atoms. The number of hydrogen-bond donors (Lipinski definition) is 1. The van der Waals surface area contributed by atoms with Crippen molar-refractivity contribution in [3.63, 3.8) is 0 Å². The summed E-state index contributed by atoms with van der Waals surface area (Å²) in [6, 6.07) is 5.32. The molecule has 1 aromatic heterocycles. The van der Waals surface area contributed by atoms with Gasteiger partial charge < -0.3 is 10.2 Å². The molecule has 0 radical (unpaired) electrons. The number of carbonyl (C=O) groups is 1. The highest BCUT2D eigenvalue weighted by atomic mass is 16.2. The number of nitrogens with one attached hydrogen (secondary N) is 1. The van der Waals surface area contributed by atoms with Crippen LogP contribution in [-0.4, -0.2) is 36.4 Å². The van der Waals surface area contributed by atoms with Crippen LogP contribution >= 0.6 is 0 Å². The third kappa shape index (κ3) is 2.95. The number of nitriles is 1. The summed E-state index contributed by atoms with van der Waals surface area (Å²) in [6.07, 6.45) is 1.57. The van der Waals surface area contributed by atoms with Crippen molar-refractivity contribution in [3.05, 3.63) is 23.9 Å². The van der Waals surface area contributed by atoms with Gasteiger partial charge in [0.05, 0.1) is 12.1 Å². The molecule has 0 spiro atoms. The van der Waals surface area contributed by atoms with Gasteiger partial charge in [-0.05, 0) is 12.1 Å². The molecular weight excluding hydrogens is 192 g/mol. The molecule has 5 heteroatoms. The molecule has 0 aliphatic rings. The van der Waals surface area contributed by atoms with Crippen LogP contribution in [0.15, 0.2) is 18.3 Å². The van der Waals surface area contributed by atoms with E-state index in [-0.39, 0.29) is 12.5 Å². The van der Waals surface area contributed by atoms with Crippen LogP contribution in [-0.2, 0) is 4.79 Å². The number of nitrogens with zero attached hydrogens (tertiary/aromatic N) is 3. The van der Waals surface area contributed by atoms with E-state index >= 15 is 0 Å². The van der Waals surface area contributed by atoms with Gasteiger partial charge in [0.15, 0.2) is 0 Å². The predicted octanol–water partition coefficient (Wildman–Crippen LogP) is 0.453. The Morgan fingerprint density at radius 1 is 1.67 bits per heavy atom. The topological polar surface area (TPSA) is 69.0 Å². The van der Waals surface area contributed by atoms with E-state index in [2.05, 4.69) is 10.3 Å². The third-order valence-electron chi connectivity index (χ3n) is 1.83. The maximum atomic E-state index is 11.3. The zero-order valence-corrected chi connectivity index (χ0v) is 8.69. The van der Waals surface area contributed by atoms with Crippen LogP contribution in [0, 0.1) is 11.3 Å². The van der Waals surface area contributed by atoms with Crippen LogP contribution in [0.2, 0.25) is 0 Å². The highest BCUT2D eigenvalue weighted by Crippen LogP contribution is 2.08. The molecule has 15 heavy (non-hydrogen) atoms. The molecule has 78 valence electrons. The van der Waals surface area contributed by atoms with E-state index in [4.69, 9.17) is 5.26 Å². The van der Waals surface area contributed by atoms with E-state index in [1.54, 1.807) is 32.4 Å². The van der Waals surface area contributed by atoms with E-state index in [9.17, 15) is 4.79 Å². The molecule has 1 N–H and O–H groups in total. The number of rotatable bonds is 3. The number of carbonyl (C=O) groups excluding carboxylic acids is 1. The lowest BCUT2D eigenvalue weighted by molar-refractivity contribution is -0.126. The molecule has 1 rings (SSSR count). The summed E-state index contributed by atoms with van der Waals surface area (Å²) < 4.78 is 0.